The normalized spacial score (nSPS) is 12.4. The summed E-state index contributed by atoms with van der Waals surface area (Å²) in [6.07, 6.45) is 0.779. The van der Waals surface area contributed by atoms with E-state index in [1.54, 1.807) is 0 Å². The van der Waals surface area contributed by atoms with Crippen molar-refractivity contribution < 1.29 is 0 Å². The Bertz CT molecular complexity index is 532. The third-order valence-corrected chi connectivity index (χ3v) is 3.77. The highest BCUT2D eigenvalue weighted by molar-refractivity contribution is 6.31. The zero-order chi connectivity index (χ0) is 13.1. The lowest BCUT2D eigenvalue weighted by molar-refractivity contribution is 0.910. The number of halogens is 3. The molecule has 2 rings (SSSR count). The summed E-state index contributed by atoms with van der Waals surface area (Å²) in [7, 11) is 0. The third-order valence-electron chi connectivity index (χ3n) is 2.90. The molecule has 0 saturated heterocycles. The van der Waals surface area contributed by atoms with Gasteiger partial charge in [0, 0.05) is 10.0 Å². The molecule has 3 heteroatoms. The second kappa shape index (κ2) is 5.97. The van der Waals surface area contributed by atoms with E-state index in [1.165, 1.54) is 5.56 Å². The molecule has 0 nitrogen and oxygen atoms in total. The molecule has 94 valence electrons. The average Bonchev–Trinajstić information content (AvgIpc) is 2.32. The van der Waals surface area contributed by atoms with Crippen molar-refractivity contribution in [2.45, 2.75) is 18.7 Å². The van der Waals surface area contributed by atoms with Crippen LogP contribution in [0.1, 0.15) is 22.1 Å². The van der Waals surface area contributed by atoms with Gasteiger partial charge in [-0.15, -0.1) is 11.6 Å². The summed E-state index contributed by atoms with van der Waals surface area (Å²) in [5.41, 5.74) is 3.42. The van der Waals surface area contributed by atoms with Gasteiger partial charge in [0.15, 0.2) is 0 Å². The largest absolute Gasteiger partial charge is 0.117 e. The minimum atomic E-state index is -0.0524. The topological polar surface area (TPSA) is 0 Å². The molecule has 1 unspecified atom stereocenters. The molecule has 0 aliphatic heterocycles. The quantitative estimate of drug-likeness (QED) is 0.626. The summed E-state index contributed by atoms with van der Waals surface area (Å²) in [4.78, 5) is 0. The molecule has 2 aromatic rings. The van der Waals surface area contributed by atoms with Crippen molar-refractivity contribution in [2.75, 3.05) is 0 Å². The van der Waals surface area contributed by atoms with Gasteiger partial charge in [-0.25, -0.2) is 0 Å². The first-order valence-electron chi connectivity index (χ1n) is 5.71. The molecule has 0 fully saturated rings. The lowest BCUT2D eigenvalue weighted by Gasteiger charge is -2.13. The monoisotopic (exact) mass is 298 g/mol. The van der Waals surface area contributed by atoms with E-state index in [4.69, 9.17) is 34.8 Å². The zero-order valence-corrected chi connectivity index (χ0v) is 12.2. The van der Waals surface area contributed by atoms with E-state index in [1.807, 2.05) is 49.4 Å². The van der Waals surface area contributed by atoms with E-state index in [0.29, 0.717) is 0 Å². The van der Waals surface area contributed by atoms with Gasteiger partial charge < -0.3 is 0 Å². The van der Waals surface area contributed by atoms with E-state index in [2.05, 4.69) is 0 Å². The minimum Gasteiger partial charge on any atom is -0.117 e. The third kappa shape index (κ3) is 3.41. The second-order valence-corrected chi connectivity index (χ2v) is 5.70. The average molecular weight is 300 g/mol. The van der Waals surface area contributed by atoms with Gasteiger partial charge in [-0.05, 0) is 54.3 Å². The maximum Gasteiger partial charge on any atom is 0.0628 e. The van der Waals surface area contributed by atoms with Gasteiger partial charge in [-0.3, -0.25) is 0 Å². The van der Waals surface area contributed by atoms with Crippen LogP contribution in [-0.2, 0) is 6.42 Å². The van der Waals surface area contributed by atoms with Crippen molar-refractivity contribution in [1.82, 2.24) is 0 Å². The molecular formula is C15H13Cl3. The van der Waals surface area contributed by atoms with Gasteiger partial charge in [0.25, 0.3) is 0 Å². The summed E-state index contributed by atoms with van der Waals surface area (Å²) in [6, 6.07) is 13.6. The van der Waals surface area contributed by atoms with E-state index in [-0.39, 0.29) is 5.38 Å². The Morgan fingerprint density at radius 2 is 1.56 bits per heavy atom. The van der Waals surface area contributed by atoms with Crippen LogP contribution >= 0.6 is 34.8 Å². The summed E-state index contributed by atoms with van der Waals surface area (Å²) in [5, 5.41) is 1.43. The summed E-state index contributed by atoms with van der Waals surface area (Å²) in [6.45, 7) is 2.03. The number of rotatable bonds is 3. The lowest BCUT2D eigenvalue weighted by Crippen LogP contribution is -1.98. The summed E-state index contributed by atoms with van der Waals surface area (Å²) in [5.74, 6) is 0. The highest BCUT2D eigenvalue weighted by atomic mass is 35.5. The molecule has 2 aromatic carbocycles. The van der Waals surface area contributed by atoms with Crippen LogP contribution in [0.3, 0.4) is 0 Å². The van der Waals surface area contributed by atoms with Crippen LogP contribution in [0.25, 0.3) is 0 Å². The Morgan fingerprint density at radius 3 is 2.17 bits per heavy atom. The fraction of sp³-hybridized carbons (Fsp3) is 0.200. The second-order valence-electron chi connectivity index (χ2n) is 4.30. The Morgan fingerprint density at radius 1 is 0.944 bits per heavy atom. The molecule has 0 aromatic heterocycles. The number of benzene rings is 2. The first-order chi connectivity index (χ1) is 8.56. The SMILES string of the molecule is Cc1cc(Cl)ccc1C(Cl)Cc1ccc(Cl)cc1. The summed E-state index contributed by atoms with van der Waals surface area (Å²) >= 11 is 18.3. The van der Waals surface area contributed by atoms with Crippen molar-refractivity contribution in [3.63, 3.8) is 0 Å². The Labute approximate surface area is 122 Å². The molecule has 0 bridgehead atoms. The lowest BCUT2D eigenvalue weighted by atomic mass is 10.0. The molecule has 0 amide bonds. The van der Waals surface area contributed by atoms with Crippen LogP contribution in [0.15, 0.2) is 42.5 Å². The first kappa shape index (κ1) is 13.7. The van der Waals surface area contributed by atoms with E-state index in [9.17, 15) is 0 Å². The standard InChI is InChI=1S/C15H13Cl3/c1-10-8-13(17)6-7-14(10)15(18)9-11-2-4-12(16)5-3-11/h2-8,15H,9H2,1H3. The molecule has 0 aliphatic rings. The highest BCUT2D eigenvalue weighted by Gasteiger charge is 2.11. The smallest absolute Gasteiger partial charge is 0.0628 e. The molecule has 0 heterocycles. The van der Waals surface area contributed by atoms with Crippen molar-refractivity contribution >= 4 is 34.8 Å². The Balaban J connectivity index is 2.16. The molecular weight excluding hydrogens is 287 g/mol. The van der Waals surface area contributed by atoms with Crippen LogP contribution < -0.4 is 0 Å². The number of hydrogen-bond donors (Lipinski definition) is 0. The summed E-state index contributed by atoms with van der Waals surface area (Å²) < 4.78 is 0. The molecule has 1 atom stereocenters. The van der Waals surface area contributed by atoms with Gasteiger partial charge in [0.2, 0.25) is 0 Å². The van der Waals surface area contributed by atoms with E-state index >= 15 is 0 Å². The highest BCUT2D eigenvalue weighted by Crippen LogP contribution is 2.29. The van der Waals surface area contributed by atoms with Gasteiger partial charge in [0.1, 0.15) is 0 Å². The predicted octanol–water partition coefficient (Wildman–Crippen LogP) is 5.82. The fourth-order valence-corrected chi connectivity index (χ4v) is 2.70. The van der Waals surface area contributed by atoms with Crippen LogP contribution in [0.2, 0.25) is 10.0 Å². The van der Waals surface area contributed by atoms with Crippen molar-refractivity contribution in [3.05, 3.63) is 69.2 Å². The predicted molar refractivity (Wildman–Crippen MR) is 79.9 cm³/mol. The van der Waals surface area contributed by atoms with E-state index < -0.39 is 0 Å². The van der Waals surface area contributed by atoms with Crippen LogP contribution in [-0.4, -0.2) is 0 Å². The zero-order valence-electron chi connectivity index (χ0n) is 9.96. The molecule has 0 radical (unpaired) electrons. The molecule has 18 heavy (non-hydrogen) atoms. The maximum absolute atomic E-state index is 6.46. The molecule has 0 aliphatic carbocycles. The Kier molecular flexibility index (Phi) is 4.55. The van der Waals surface area contributed by atoms with Gasteiger partial charge >= 0.3 is 0 Å². The fourth-order valence-electron chi connectivity index (χ4n) is 1.93. The molecule has 0 N–H and O–H groups in total. The number of hydrogen-bond acceptors (Lipinski definition) is 0. The Hall–Kier alpha value is -0.690. The van der Waals surface area contributed by atoms with Crippen molar-refractivity contribution in [2.24, 2.45) is 0 Å². The van der Waals surface area contributed by atoms with Crippen molar-refractivity contribution in [1.29, 1.82) is 0 Å². The van der Waals surface area contributed by atoms with Crippen LogP contribution in [0.5, 0.6) is 0 Å². The minimum absolute atomic E-state index is 0.0524. The van der Waals surface area contributed by atoms with Crippen LogP contribution in [0, 0.1) is 6.92 Å². The van der Waals surface area contributed by atoms with Gasteiger partial charge in [-0.2, -0.15) is 0 Å². The van der Waals surface area contributed by atoms with Gasteiger partial charge in [-0.1, -0.05) is 41.4 Å². The maximum atomic E-state index is 6.46. The molecule has 0 saturated carbocycles. The molecule has 0 spiro atoms. The van der Waals surface area contributed by atoms with Gasteiger partial charge in [0.05, 0.1) is 5.38 Å². The first-order valence-corrected chi connectivity index (χ1v) is 6.90. The number of aryl methyl sites for hydroxylation is 1. The number of alkyl halides is 1. The van der Waals surface area contributed by atoms with Crippen molar-refractivity contribution in [3.8, 4) is 0 Å². The van der Waals surface area contributed by atoms with E-state index in [0.717, 1.165) is 27.6 Å². The van der Waals surface area contributed by atoms with Crippen LogP contribution in [0.4, 0.5) is 0 Å².